The molecule has 1 N–H and O–H groups in total. The number of rotatable bonds is 5. The third-order valence-electron chi connectivity index (χ3n) is 3.48. The Morgan fingerprint density at radius 2 is 1.83 bits per heavy atom. The average Bonchev–Trinajstić information content (AvgIpc) is 2.58. The second kappa shape index (κ2) is 6.86. The lowest BCUT2D eigenvalue weighted by atomic mass is 10.1. The number of hydrogen-bond acceptors (Lipinski definition) is 5. The number of nitrogens with one attached hydrogen (secondary N) is 1. The van der Waals surface area contributed by atoms with Gasteiger partial charge in [0.25, 0.3) is 0 Å². The Morgan fingerprint density at radius 3 is 2.50 bits per heavy atom. The molecule has 0 fully saturated rings. The van der Waals surface area contributed by atoms with Crippen LogP contribution in [0, 0.1) is 6.92 Å². The van der Waals surface area contributed by atoms with Gasteiger partial charge < -0.3 is 18.7 Å². The van der Waals surface area contributed by atoms with Gasteiger partial charge in [-0.1, -0.05) is 0 Å². The molecule has 0 amide bonds. The molecule has 7 heteroatoms. The molecule has 0 saturated heterocycles. The van der Waals surface area contributed by atoms with E-state index in [2.05, 4.69) is 9.71 Å². The minimum absolute atomic E-state index is 0.469. The van der Waals surface area contributed by atoms with E-state index < -0.39 is 11.3 Å². The molecule has 3 rings (SSSR count). The molecular weight excluding hydrogens is 328 g/mol. The van der Waals surface area contributed by atoms with Crippen LogP contribution in [0.2, 0.25) is 0 Å². The number of aromatic nitrogens is 1. The van der Waals surface area contributed by atoms with Gasteiger partial charge in [-0.3, -0.25) is 9.19 Å². The van der Waals surface area contributed by atoms with Gasteiger partial charge in [-0.25, -0.2) is 0 Å². The Bertz CT molecular complexity index is 897. The highest BCUT2D eigenvalue weighted by atomic mass is 32.2. The maximum absolute atomic E-state index is 10.6. The normalized spacial score (nSPS) is 12.0. The summed E-state index contributed by atoms with van der Waals surface area (Å²) < 4.78 is 34.8. The van der Waals surface area contributed by atoms with E-state index in [1.165, 1.54) is 0 Å². The van der Waals surface area contributed by atoms with Crippen LogP contribution in [0.1, 0.15) is 5.56 Å². The summed E-state index contributed by atoms with van der Waals surface area (Å²) in [5.74, 6) is 2.03. The Morgan fingerprint density at radius 1 is 1.12 bits per heavy atom. The summed E-state index contributed by atoms with van der Waals surface area (Å²) in [6.07, 6.45) is 1.74. The highest BCUT2D eigenvalue weighted by Gasteiger charge is 2.09. The maximum atomic E-state index is 10.6. The molecule has 0 radical (unpaired) electrons. The molecule has 0 aliphatic carbocycles. The van der Waals surface area contributed by atoms with Gasteiger partial charge in [0.2, 0.25) is 0 Å². The lowest BCUT2D eigenvalue weighted by molar-refractivity contribution is 0.415. The Hall–Kier alpha value is -2.64. The molecule has 124 valence electrons. The first-order chi connectivity index (χ1) is 11.6. The number of anilines is 1. The van der Waals surface area contributed by atoms with Crippen LogP contribution in [0.15, 0.2) is 48.7 Å². The van der Waals surface area contributed by atoms with Crippen molar-refractivity contribution < 1.29 is 18.2 Å². The van der Waals surface area contributed by atoms with Crippen LogP contribution in [0.3, 0.4) is 0 Å². The van der Waals surface area contributed by atoms with E-state index in [1.807, 2.05) is 25.1 Å². The molecule has 0 aliphatic rings. The van der Waals surface area contributed by atoms with Crippen LogP contribution in [0.5, 0.6) is 17.2 Å². The van der Waals surface area contributed by atoms with Crippen molar-refractivity contribution in [2.45, 2.75) is 6.92 Å². The van der Waals surface area contributed by atoms with E-state index in [-0.39, 0.29) is 0 Å². The predicted octanol–water partition coefficient (Wildman–Crippen LogP) is 3.55. The topological polar surface area (TPSA) is 83.5 Å². The van der Waals surface area contributed by atoms with Crippen LogP contribution >= 0.6 is 0 Å². The van der Waals surface area contributed by atoms with Crippen LogP contribution in [-0.2, 0) is 11.3 Å². The van der Waals surface area contributed by atoms with Crippen molar-refractivity contribution in [3.05, 3.63) is 54.2 Å². The molecular formula is C17H15N2O4S-. The van der Waals surface area contributed by atoms with Gasteiger partial charge in [-0.15, -0.1) is 0 Å². The van der Waals surface area contributed by atoms with Crippen LogP contribution in [-0.4, -0.2) is 20.9 Å². The van der Waals surface area contributed by atoms with Crippen molar-refractivity contribution in [1.82, 2.24) is 4.98 Å². The largest absolute Gasteiger partial charge is 0.755 e. The van der Waals surface area contributed by atoms with Crippen LogP contribution in [0.4, 0.5) is 5.69 Å². The van der Waals surface area contributed by atoms with E-state index in [0.29, 0.717) is 17.2 Å². The second-order valence-corrected chi connectivity index (χ2v) is 5.79. The monoisotopic (exact) mass is 343 g/mol. The van der Waals surface area contributed by atoms with Crippen LogP contribution < -0.4 is 14.2 Å². The fraction of sp³-hybridized carbons (Fsp3) is 0.118. The number of nitrogens with zero attached hydrogens (tertiary/aromatic N) is 1. The molecule has 24 heavy (non-hydrogen) atoms. The molecule has 2 aromatic carbocycles. The van der Waals surface area contributed by atoms with Gasteiger partial charge in [-0.05, 0) is 43.3 Å². The summed E-state index contributed by atoms with van der Waals surface area (Å²) in [6, 6.07) is 12.3. The van der Waals surface area contributed by atoms with Crippen molar-refractivity contribution >= 4 is 27.9 Å². The van der Waals surface area contributed by atoms with Crippen molar-refractivity contribution in [3.8, 4) is 17.2 Å². The van der Waals surface area contributed by atoms with Gasteiger partial charge in [0.1, 0.15) is 17.2 Å². The van der Waals surface area contributed by atoms with Crippen molar-refractivity contribution in [2.24, 2.45) is 0 Å². The third-order valence-corrected chi connectivity index (χ3v) is 3.88. The highest BCUT2D eigenvalue weighted by molar-refractivity contribution is 7.80. The van der Waals surface area contributed by atoms with Crippen molar-refractivity contribution in [1.29, 1.82) is 0 Å². The quantitative estimate of drug-likeness (QED) is 0.716. The molecule has 1 atom stereocenters. The first-order valence-electron chi connectivity index (χ1n) is 7.14. The van der Waals surface area contributed by atoms with E-state index >= 15 is 0 Å². The number of pyridine rings is 1. The average molecular weight is 343 g/mol. The lowest BCUT2D eigenvalue weighted by Crippen LogP contribution is -2.01. The second-order valence-electron chi connectivity index (χ2n) is 5.12. The summed E-state index contributed by atoms with van der Waals surface area (Å²) in [4.78, 5) is 4.40. The minimum Gasteiger partial charge on any atom is -0.755 e. The molecule has 0 aliphatic heterocycles. The van der Waals surface area contributed by atoms with Gasteiger partial charge in [0.15, 0.2) is 0 Å². The SMILES string of the molecule is COc1ccc2c(Oc3ccc(NS(=O)[O-])cc3)c(C)cnc2c1. The molecule has 1 unspecified atom stereocenters. The number of benzene rings is 2. The summed E-state index contributed by atoms with van der Waals surface area (Å²) in [5, 5.41) is 0.874. The highest BCUT2D eigenvalue weighted by Crippen LogP contribution is 2.34. The molecule has 0 saturated carbocycles. The number of methoxy groups -OCH3 is 1. The summed E-state index contributed by atoms with van der Waals surface area (Å²) in [7, 11) is 1.61. The van der Waals surface area contributed by atoms with Gasteiger partial charge in [0.05, 0.1) is 12.6 Å². The van der Waals surface area contributed by atoms with E-state index in [0.717, 1.165) is 22.2 Å². The van der Waals surface area contributed by atoms with Gasteiger partial charge in [0, 0.05) is 40.2 Å². The zero-order valence-corrected chi connectivity index (χ0v) is 13.9. The molecule has 0 bridgehead atoms. The van der Waals surface area contributed by atoms with Crippen LogP contribution in [0.25, 0.3) is 10.9 Å². The molecule has 0 spiro atoms. The van der Waals surface area contributed by atoms with Gasteiger partial charge in [-0.2, -0.15) is 0 Å². The number of ether oxygens (including phenoxy) is 2. The third kappa shape index (κ3) is 3.47. The molecule has 3 aromatic rings. The summed E-state index contributed by atoms with van der Waals surface area (Å²) in [6.45, 7) is 1.92. The smallest absolute Gasteiger partial charge is 0.141 e. The fourth-order valence-electron chi connectivity index (χ4n) is 2.32. The van der Waals surface area contributed by atoms with E-state index in [1.54, 1.807) is 37.6 Å². The minimum atomic E-state index is -2.35. The molecule has 6 nitrogen and oxygen atoms in total. The first-order valence-corrected chi connectivity index (χ1v) is 8.21. The molecule has 1 heterocycles. The van der Waals surface area contributed by atoms with E-state index in [9.17, 15) is 8.76 Å². The Labute approximate surface area is 141 Å². The number of hydrogen-bond donors (Lipinski definition) is 1. The maximum Gasteiger partial charge on any atom is 0.141 e. The summed E-state index contributed by atoms with van der Waals surface area (Å²) in [5.41, 5.74) is 2.14. The first kappa shape index (κ1) is 16.2. The standard InChI is InChI=1S/C17H16N2O4S/c1-11-10-18-16-9-14(22-2)7-8-15(16)17(11)23-13-5-3-12(4-6-13)19-24(20)21/h3-10,19H,1-2H3,(H,20,21)/p-1. The zero-order valence-electron chi connectivity index (χ0n) is 13.1. The van der Waals surface area contributed by atoms with Crippen molar-refractivity contribution in [2.75, 3.05) is 11.8 Å². The lowest BCUT2D eigenvalue weighted by Gasteiger charge is -2.13. The predicted molar refractivity (Wildman–Crippen MR) is 92.1 cm³/mol. The Kier molecular flexibility index (Phi) is 4.64. The number of fused-ring (bicyclic) bond motifs is 1. The van der Waals surface area contributed by atoms with Crippen molar-refractivity contribution in [3.63, 3.8) is 0 Å². The fourth-order valence-corrected chi connectivity index (χ4v) is 2.64. The number of aryl methyl sites for hydroxylation is 1. The zero-order chi connectivity index (χ0) is 17.1. The van der Waals surface area contributed by atoms with E-state index in [4.69, 9.17) is 9.47 Å². The molecule has 1 aromatic heterocycles. The van der Waals surface area contributed by atoms with Gasteiger partial charge >= 0.3 is 0 Å². The Balaban J connectivity index is 1.94. The summed E-state index contributed by atoms with van der Waals surface area (Å²) >= 11 is -2.35.